The fraction of sp³-hybridized carbons (Fsp3) is 0.429. The Labute approximate surface area is 160 Å². The Morgan fingerprint density at radius 3 is 2.46 bits per heavy atom. The summed E-state index contributed by atoms with van der Waals surface area (Å²) in [5.74, 6) is -0.222. The number of hydrogen-bond acceptors (Lipinski definition) is 3. The quantitative estimate of drug-likeness (QED) is 0.495. The van der Waals surface area contributed by atoms with Crippen molar-refractivity contribution in [3.63, 3.8) is 0 Å². The maximum atomic E-state index is 12.8. The van der Waals surface area contributed by atoms with Gasteiger partial charge >= 0.3 is 0 Å². The van der Waals surface area contributed by atoms with Gasteiger partial charge in [0.1, 0.15) is 5.69 Å². The van der Waals surface area contributed by atoms with Crippen molar-refractivity contribution in [1.29, 1.82) is 0 Å². The number of benzene rings is 1. The average Bonchev–Trinajstić information content (AvgIpc) is 2.93. The fourth-order valence-corrected chi connectivity index (χ4v) is 4.07. The van der Waals surface area contributed by atoms with Crippen molar-refractivity contribution < 1.29 is 9.59 Å². The number of anilines is 1. The number of hydrogen-bond donors (Lipinski definition) is 2. The van der Waals surface area contributed by atoms with Gasteiger partial charge in [0.2, 0.25) is 0 Å². The van der Waals surface area contributed by atoms with Crippen molar-refractivity contribution in [3.05, 3.63) is 46.3 Å². The van der Waals surface area contributed by atoms with Crippen molar-refractivity contribution in [2.75, 3.05) is 5.32 Å². The highest BCUT2D eigenvalue weighted by Gasteiger charge is 2.22. The lowest BCUT2D eigenvalue weighted by Crippen LogP contribution is -2.15. The first-order valence-electron chi connectivity index (χ1n) is 9.09. The summed E-state index contributed by atoms with van der Waals surface area (Å²) in [7, 11) is 0. The van der Waals surface area contributed by atoms with E-state index in [1.807, 2.05) is 44.7 Å². The molecule has 1 aromatic carbocycles. The number of Topliss-reactive ketones (excluding diaryl/α,β-unsaturated/α-hetero) is 1. The zero-order chi connectivity index (χ0) is 19.4. The second-order valence-electron chi connectivity index (χ2n) is 6.66. The van der Waals surface area contributed by atoms with Crippen LogP contribution in [0.1, 0.15) is 71.8 Å². The van der Waals surface area contributed by atoms with E-state index in [2.05, 4.69) is 30.2 Å². The largest absolute Gasteiger partial charge is 0.354 e. The Hall–Kier alpha value is -2.01. The van der Waals surface area contributed by atoms with Crippen LogP contribution in [0.15, 0.2) is 23.1 Å². The van der Waals surface area contributed by atoms with Crippen LogP contribution in [0.2, 0.25) is 0 Å². The van der Waals surface area contributed by atoms with Gasteiger partial charge in [-0.25, -0.2) is 0 Å². The molecule has 4 nitrogen and oxygen atoms in total. The number of thioether (sulfide) groups is 1. The third-order valence-corrected chi connectivity index (χ3v) is 5.84. The first-order chi connectivity index (χ1) is 12.3. The summed E-state index contributed by atoms with van der Waals surface area (Å²) in [6.45, 7) is 11.7. The molecule has 2 aromatic rings. The molecular formula is C21H28N2O2S. The lowest BCUT2D eigenvalue weighted by molar-refractivity contribution is 0.101. The summed E-state index contributed by atoms with van der Waals surface area (Å²) < 4.78 is 0. The molecule has 0 radical (unpaired) electrons. The minimum atomic E-state index is -0.206. The van der Waals surface area contributed by atoms with E-state index >= 15 is 0 Å². The SMILES string of the molecule is CCc1c(C(=O)Nc2ccc(SC(C)CC)cc2C)[nH]c(C)c1C(C)=O. The zero-order valence-electron chi connectivity index (χ0n) is 16.4. The van der Waals surface area contributed by atoms with E-state index in [0.29, 0.717) is 22.9 Å². The molecule has 1 heterocycles. The van der Waals surface area contributed by atoms with Gasteiger partial charge in [-0.15, -0.1) is 11.8 Å². The highest BCUT2D eigenvalue weighted by atomic mass is 32.2. The number of amides is 1. The van der Waals surface area contributed by atoms with Gasteiger partial charge in [0, 0.05) is 27.1 Å². The molecule has 0 aliphatic carbocycles. The molecule has 2 rings (SSSR count). The molecule has 140 valence electrons. The van der Waals surface area contributed by atoms with Gasteiger partial charge in [-0.2, -0.15) is 0 Å². The number of aryl methyl sites for hydroxylation is 2. The van der Waals surface area contributed by atoms with Gasteiger partial charge in [-0.1, -0.05) is 20.8 Å². The lowest BCUT2D eigenvalue weighted by atomic mass is 10.0. The Balaban J connectivity index is 2.25. The normalized spacial score (nSPS) is 12.1. The molecule has 26 heavy (non-hydrogen) atoms. The molecule has 0 fully saturated rings. The monoisotopic (exact) mass is 372 g/mol. The fourth-order valence-electron chi connectivity index (χ4n) is 3.05. The molecule has 2 N–H and O–H groups in total. The standard InChI is InChI=1S/C21H28N2O2S/c1-7-13(4)26-16-9-10-18(12(3)11-16)23-21(25)20-17(8-2)19(15(6)24)14(5)22-20/h9-11,13,22H,7-8H2,1-6H3,(H,23,25). The van der Waals surface area contributed by atoms with Crippen LogP contribution in [0.4, 0.5) is 5.69 Å². The molecule has 0 spiro atoms. The third kappa shape index (κ3) is 4.39. The smallest absolute Gasteiger partial charge is 0.272 e. The molecule has 0 bridgehead atoms. The van der Waals surface area contributed by atoms with E-state index in [9.17, 15) is 9.59 Å². The summed E-state index contributed by atoms with van der Waals surface area (Å²) in [6.07, 6.45) is 1.75. The predicted molar refractivity (Wildman–Crippen MR) is 110 cm³/mol. The van der Waals surface area contributed by atoms with Crippen LogP contribution in [-0.2, 0) is 6.42 Å². The molecule has 5 heteroatoms. The van der Waals surface area contributed by atoms with E-state index in [0.717, 1.165) is 28.9 Å². The van der Waals surface area contributed by atoms with Crippen LogP contribution in [0.25, 0.3) is 0 Å². The summed E-state index contributed by atoms with van der Waals surface area (Å²) >= 11 is 1.84. The Bertz CT molecular complexity index is 824. The molecule has 0 saturated carbocycles. The van der Waals surface area contributed by atoms with E-state index in [1.165, 1.54) is 11.8 Å². The first-order valence-corrected chi connectivity index (χ1v) is 9.97. The van der Waals surface area contributed by atoms with Crippen molar-refractivity contribution >= 4 is 29.1 Å². The number of aromatic amines is 1. The second kappa shape index (κ2) is 8.58. The first kappa shape index (κ1) is 20.3. The van der Waals surface area contributed by atoms with E-state index in [4.69, 9.17) is 0 Å². The van der Waals surface area contributed by atoms with Gasteiger partial charge in [-0.05, 0) is 62.9 Å². The van der Waals surface area contributed by atoms with Crippen molar-refractivity contribution in [1.82, 2.24) is 4.98 Å². The Kier molecular flexibility index (Phi) is 6.70. The highest BCUT2D eigenvalue weighted by Crippen LogP contribution is 2.29. The van der Waals surface area contributed by atoms with Crippen molar-refractivity contribution in [3.8, 4) is 0 Å². The topological polar surface area (TPSA) is 62.0 Å². The minimum absolute atomic E-state index is 0.0164. The number of carbonyl (C=O) groups is 2. The van der Waals surface area contributed by atoms with Crippen LogP contribution in [0.5, 0.6) is 0 Å². The van der Waals surface area contributed by atoms with Gasteiger partial charge < -0.3 is 10.3 Å². The molecule has 1 atom stereocenters. The maximum Gasteiger partial charge on any atom is 0.272 e. The van der Waals surface area contributed by atoms with E-state index in [1.54, 1.807) is 0 Å². The Morgan fingerprint density at radius 1 is 1.23 bits per heavy atom. The molecule has 0 aliphatic rings. The van der Waals surface area contributed by atoms with Crippen molar-refractivity contribution in [2.24, 2.45) is 0 Å². The predicted octanol–water partition coefficient (Wildman–Crippen LogP) is 5.54. The van der Waals surface area contributed by atoms with Gasteiger partial charge in [0.15, 0.2) is 5.78 Å². The van der Waals surface area contributed by atoms with Gasteiger partial charge in [-0.3, -0.25) is 9.59 Å². The summed E-state index contributed by atoms with van der Waals surface area (Å²) in [4.78, 5) is 29.0. The lowest BCUT2D eigenvalue weighted by Gasteiger charge is -2.12. The molecule has 0 saturated heterocycles. The molecule has 1 unspecified atom stereocenters. The van der Waals surface area contributed by atoms with Crippen LogP contribution >= 0.6 is 11.8 Å². The van der Waals surface area contributed by atoms with Crippen LogP contribution in [-0.4, -0.2) is 21.9 Å². The van der Waals surface area contributed by atoms with Crippen LogP contribution in [0.3, 0.4) is 0 Å². The Morgan fingerprint density at radius 2 is 1.92 bits per heavy atom. The zero-order valence-corrected chi connectivity index (χ0v) is 17.3. The van der Waals surface area contributed by atoms with Gasteiger partial charge in [0.05, 0.1) is 0 Å². The van der Waals surface area contributed by atoms with E-state index in [-0.39, 0.29) is 11.7 Å². The number of nitrogens with one attached hydrogen (secondary N) is 2. The summed E-state index contributed by atoms with van der Waals surface area (Å²) in [6, 6.07) is 6.10. The summed E-state index contributed by atoms with van der Waals surface area (Å²) in [5.41, 5.74) is 4.47. The molecule has 1 aromatic heterocycles. The number of H-pyrrole nitrogens is 1. The van der Waals surface area contributed by atoms with Crippen LogP contribution < -0.4 is 5.32 Å². The van der Waals surface area contributed by atoms with Gasteiger partial charge in [0.25, 0.3) is 5.91 Å². The molecule has 0 aliphatic heterocycles. The van der Waals surface area contributed by atoms with Crippen LogP contribution in [0, 0.1) is 13.8 Å². The number of ketones is 1. The molecular weight excluding hydrogens is 344 g/mol. The number of carbonyl (C=O) groups excluding carboxylic acids is 2. The average molecular weight is 373 g/mol. The van der Waals surface area contributed by atoms with Crippen molar-refractivity contribution in [2.45, 2.75) is 64.5 Å². The van der Waals surface area contributed by atoms with E-state index < -0.39 is 0 Å². The molecule has 1 amide bonds. The second-order valence-corrected chi connectivity index (χ2v) is 8.17. The summed E-state index contributed by atoms with van der Waals surface area (Å²) in [5, 5.41) is 3.55. The maximum absolute atomic E-state index is 12.8. The minimum Gasteiger partial charge on any atom is -0.354 e. The third-order valence-electron chi connectivity index (χ3n) is 4.58. The number of aromatic nitrogens is 1. The highest BCUT2D eigenvalue weighted by molar-refractivity contribution is 7.99. The number of rotatable bonds is 7.